The second-order valence-corrected chi connectivity index (χ2v) is 5.17. The smallest absolute Gasteiger partial charge is 0.204 e. The predicted octanol–water partition coefficient (Wildman–Crippen LogP) is 3.57. The van der Waals surface area contributed by atoms with E-state index in [1.807, 2.05) is 17.5 Å². The maximum Gasteiger partial charge on any atom is 0.204 e. The fraction of sp³-hybridized carbons (Fsp3) is 0.154. The van der Waals surface area contributed by atoms with Crippen molar-refractivity contribution in [3.8, 4) is 5.75 Å². The van der Waals surface area contributed by atoms with Gasteiger partial charge in [-0.2, -0.15) is 0 Å². The van der Waals surface area contributed by atoms with E-state index in [0.29, 0.717) is 22.1 Å². The normalized spacial score (nSPS) is 13.2. The van der Waals surface area contributed by atoms with Crippen molar-refractivity contribution in [1.29, 1.82) is 0 Å². The van der Waals surface area contributed by atoms with E-state index in [9.17, 15) is 4.79 Å². The fourth-order valence-corrected chi connectivity index (χ4v) is 3.02. The molecule has 0 aliphatic carbocycles. The standard InChI is InChI=1S/C13H9ClO2S/c14-10-4-6-17-13(10)12(15)9-1-2-11-8(7-9)3-5-16-11/h1-2,4,6-7H,3,5H2. The lowest BCUT2D eigenvalue weighted by Gasteiger charge is -2.02. The summed E-state index contributed by atoms with van der Waals surface area (Å²) in [5.41, 5.74) is 1.78. The van der Waals surface area contributed by atoms with Crippen molar-refractivity contribution in [2.75, 3.05) is 6.61 Å². The topological polar surface area (TPSA) is 26.3 Å². The molecule has 2 aromatic rings. The van der Waals surface area contributed by atoms with Gasteiger partial charge in [0.1, 0.15) is 5.75 Å². The van der Waals surface area contributed by atoms with Crippen LogP contribution in [-0.2, 0) is 6.42 Å². The van der Waals surface area contributed by atoms with Crippen LogP contribution in [-0.4, -0.2) is 12.4 Å². The largest absolute Gasteiger partial charge is 0.493 e. The Morgan fingerprint density at radius 3 is 3.00 bits per heavy atom. The summed E-state index contributed by atoms with van der Waals surface area (Å²) in [7, 11) is 0. The number of carbonyl (C=O) groups is 1. The molecule has 1 aliphatic rings. The molecule has 86 valence electrons. The quantitative estimate of drug-likeness (QED) is 0.775. The van der Waals surface area contributed by atoms with Crippen molar-refractivity contribution in [3.05, 3.63) is 50.7 Å². The van der Waals surface area contributed by atoms with Crippen molar-refractivity contribution in [2.45, 2.75) is 6.42 Å². The number of hydrogen-bond acceptors (Lipinski definition) is 3. The molecular formula is C13H9ClO2S. The minimum Gasteiger partial charge on any atom is -0.493 e. The lowest BCUT2D eigenvalue weighted by molar-refractivity contribution is 0.104. The van der Waals surface area contributed by atoms with Crippen LogP contribution >= 0.6 is 22.9 Å². The highest BCUT2D eigenvalue weighted by atomic mass is 35.5. The van der Waals surface area contributed by atoms with Gasteiger partial charge in [0.15, 0.2) is 0 Å². The van der Waals surface area contributed by atoms with Crippen molar-refractivity contribution in [1.82, 2.24) is 0 Å². The average molecular weight is 265 g/mol. The van der Waals surface area contributed by atoms with Crippen LogP contribution in [0.25, 0.3) is 0 Å². The molecule has 0 unspecified atom stereocenters. The molecule has 0 radical (unpaired) electrons. The van der Waals surface area contributed by atoms with Gasteiger partial charge in [0.2, 0.25) is 5.78 Å². The maximum atomic E-state index is 12.2. The highest BCUT2D eigenvalue weighted by molar-refractivity contribution is 7.13. The lowest BCUT2D eigenvalue weighted by atomic mass is 10.0. The van der Waals surface area contributed by atoms with E-state index >= 15 is 0 Å². The average Bonchev–Trinajstić information content (AvgIpc) is 2.95. The summed E-state index contributed by atoms with van der Waals surface area (Å²) in [4.78, 5) is 12.8. The zero-order valence-corrected chi connectivity index (χ0v) is 10.5. The minimum absolute atomic E-state index is 0.0142. The Labute approximate surface area is 108 Å². The predicted molar refractivity (Wildman–Crippen MR) is 68.4 cm³/mol. The first-order chi connectivity index (χ1) is 8.25. The molecule has 0 saturated heterocycles. The van der Waals surface area contributed by atoms with Gasteiger partial charge in [-0.3, -0.25) is 4.79 Å². The molecule has 3 rings (SSSR count). The second kappa shape index (κ2) is 4.17. The molecular weight excluding hydrogens is 256 g/mol. The van der Waals surface area contributed by atoms with E-state index in [1.54, 1.807) is 12.1 Å². The van der Waals surface area contributed by atoms with Gasteiger partial charge in [-0.1, -0.05) is 11.6 Å². The minimum atomic E-state index is -0.0142. The Hall–Kier alpha value is -1.32. The SMILES string of the molecule is O=C(c1ccc2c(c1)CCO2)c1sccc1Cl. The summed E-state index contributed by atoms with van der Waals surface area (Å²) in [5.74, 6) is 0.874. The van der Waals surface area contributed by atoms with Gasteiger partial charge in [0.05, 0.1) is 16.5 Å². The van der Waals surface area contributed by atoms with Crippen LogP contribution in [0.5, 0.6) is 5.75 Å². The Morgan fingerprint density at radius 1 is 1.35 bits per heavy atom. The van der Waals surface area contributed by atoms with Crippen LogP contribution in [0.2, 0.25) is 5.02 Å². The van der Waals surface area contributed by atoms with Crippen LogP contribution in [0.1, 0.15) is 20.8 Å². The van der Waals surface area contributed by atoms with Crippen LogP contribution in [0.4, 0.5) is 0 Å². The number of benzene rings is 1. The number of carbonyl (C=O) groups excluding carboxylic acids is 1. The molecule has 17 heavy (non-hydrogen) atoms. The lowest BCUT2D eigenvalue weighted by Crippen LogP contribution is -1.99. The number of rotatable bonds is 2. The van der Waals surface area contributed by atoms with Crippen LogP contribution in [0.15, 0.2) is 29.6 Å². The summed E-state index contributed by atoms with van der Waals surface area (Å²) in [6, 6.07) is 7.30. The molecule has 2 nitrogen and oxygen atoms in total. The van der Waals surface area contributed by atoms with E-state index in [-0.39, 0.29) is 5.78 Å². The van der Waals surface area contributed by atoms with Crippen molar-refractivity contribution in [3.63, 3.8) is 0 Å². The molecule has 1 aromatic carbocycles. The third-order valence-electron chi connectivity index (χ3n) is 2.78. The molecule has 0 fully saturated rings. The van der Waals surface area contributed by atoms with Crippen molar-refractivity contribution in [2.24, 2.45) is 0 Å². The molecule has 0 bridgehead atoms. The number of ketones is 1. The van der Waals surface area contributed by atoms with E-state index < -0.39 is 0 Å². The number of fused-ring (bicyclic) bond motifs is 1. The van der Waals surface area contributed by atoms with Crippen LogP contribution in [0.3, 0.4) is 0 Å². The number of thiophene rings is 1. The summed E-state index contributed by atoms with van der Waals surface area (Å²) >= 11 is 7.34. The molecule has 0 amide bonds. The first-order valence-electron chi connectivity index (χ1n) is 5.29. The molecule has 1 aromatic heterocycles. The van der Waals surface area contributed by atoms with E-state index in [4.69, 9.17) is 16.3 Å². The molecule has 2 heterocycles. The van der Waals surface area contributed by atoms with Gasteiger partial charge in [-0.05, 0) is 35.2 Å². The number of halogens is 1. The molecule has 0 spiro atoms. The van der Waals surface area contributed by atoms with Crippen molar-refractivity contribution < 1.29 is 9.53 Å². The van der Waals surface area contributed by atoms with E-state index in [2.05, 4.69) is 0 Å². The van der Waals surface area contributed by atoms with Gasteiger partial charge in [-0.25, -0.2) is 0 Å². The molecule has 0 saturated carbocycles. The first-order valence-corrected chi connectivity index (χ1v) is 6.55. The third kappa shape index (κ3) is 1.85. The molecule has 4 heteroatoms. The summed E-state index contributed by atoms with van der Waals surface area (Å²) < 4.78 is 5.41. The summed E-state index contributed by atoms with van der Waals surface area (Å²) in [5, 5.41) is 2.35. The van der Waals surface area contributed by atoms with Gasteiger partial charge in [0, 0.05) is 12.0 Å². The Balaban J connectivity index is 2.00. The van der Waals surface area contributed by atoms with Gasteiger partial charge < -0.3 is 4.74 Å². The van der Waals surface area contributed by atoms with Gasteiger partial charge >= 0.3 is 0 Å². The summed E-state index contributed by atoms with van der Waals surface area (Å²) in [6.07, 6.45) is 0.870. The van der Waals surface area contributed by atoms with Gasteiger partial charge in [0.25, 0.3) is 0 Å². The zero-order valence-electron chi connectivity index (χ0n) is 8.90. The Bertz CT molecular complexity index is 589. The summed E-state index contributed by atoms with van der Waals surface area (Å²) in [6.45, 7) is 0.701. The maximum absolute atomic E-state index is 12.2. The van der Waals surface area contributed by atoms with Crippen LogP contribution in [0, 0.1) is 0 Å². The highest BCUT2D eigenvalue weighted by Gasteiger charge is 2.18. The first kappa shape index (κ1) is 10.8. The van der Waals surface area contributed by atoms with E-state index in [0.717, 1.165) is 17.7 Å². The highest BCUT2D eigenvalue weighted by Crippen LogP contribution is 2.29. The Morgan fingerprint density at radius 2 is 2.24 bits per heavy atom. The Kier molecular flexibility index (Phi) is 2.65. The van der Waals surface area contributed by atoms with E-state index in [1.165, 1.54) is 11.3 Å². The van der Waals surface area contributed by atoms with Gasteiger partial charge in [-0.15, -0.1) is 11.3 Å². The monoisotopic (exact) mass is 264 g/mol. The molecule has 1 aliphatic heterocycles. The second-order valence-electron chi connectivity index (χ2n) is 3.85. The number of ether oxygens (including phenoxy) is 1. The molecule has 0 atom stereocenters. The molecule has 0 N–H and O–H groups in total. The van der Waals surface area contributed by atoms with Crippen molar-refractivity contribution >= 4 is 28.7 Å². The van der Waals surface area contributed by atoms with Crippen LogP contribution < -0.4 is 4.74 Å². The zero-order chi connectivity index (χ0) is 11.8. The fourth-order valence-electron chi connectivity index (χ4n) is 1.91. The third-order valence-corrected chi connectivity index (χ3v) is 4.12. The number of hydrogen-bond donors (Lipinski definition) is 0.